The number of amides is 1. The predicted molar refractivity (Wildman–Crippen MR) is 92.9 cm³/mol. The fourth-order valence-corrected chi connectivity index (χ4v) is 3.76. The van der Waals surface area contributed by atoms with Gasteiger partial charge in [-0.2, -0.15) is 0 Å². The third-order valence-electron chi connectivity index (χ3n) is 4.25. The number of anilines is 1. The zero-order valence-corrected chi connectivity index (χ0v) is 14.9. The summed E-state index contributed by atoms with van der Waals surface area (Å²) in [4.78, 5) is 15.2. The molecule has 0 radical (unpaired) electrons. The van der Waals surface area contributed by atoms with Crippen LogP contribution in [0.4, 0.5) is 14.5 Å². The fraction of sp³-hybridized carbons (Fsp3) is 0.471. The fourth-order valence-electron chi connectivity index (χ4n) is 2.97. The van der Waals surface area contributed by atoms with Gasteiger partial charge in [-0.1, -0.05) is 18.3 Å². The van der Waals surface area contributed by atoms with E-state index in [1.165, 1.54) is 6.07 Å². The number of likely N-dealkylation sites (tertiary alicyclic amines) is 1. The molecule has 2 aromatic rings. The average molecular weight is 366 g/mol. The highest BCUT2D eigenvalue weighted by atomic mass is 32.1. The zero-order valence-electron chi connectivity index (χ0n) is 14.1. The molecule has 2 heterocycles. The van der Waals surface area contributed by atoms with E-state index in [1.807, 2.05) is 13.8 Å². The molecule has 25 heavy (non-hydrogen) atoms. The molecule has 1 atom stereocenters. The molecule has 0 saturated carbocycles. The second-order valence-electron chi connectivity index (χ2n) is 6.51. The molecule has 1 aliphatic heterocycles. The largest absolute Gasteiger partial charge is 0.380 e. The van der Waals surface area contributed by atoms with Gasteiger partial charge in [-0.25, -0.2) is 8.78 Å². The number of hydrogen-bond acceptors (Lipinski definition) is 5. The Morgan fingerprint density at radius 2 is 2.16 bits per heavy atom. The van der Waals surface area contributed by atoms with E-state index in [0.29, 0.717) is 23.7 Å². The number of nitrogens with zero attached hydrogens (tertiary/aromatic N) is 3. The number of benzene rings is 1. The molecule has 1 amide bonds. The van der Waals surface area contributed by atoms with Gasteiger partial charge >= 0.3 is 0 Å². The van der Waals surface area contributed by atoms with Gasteiger partial charge < -0.3 is 10.2 Å². The molecule has 1 aromatic heterocycles. The number of halogens is 2. The molecule has 1 N–H and O–H groups in total. The van der Waals surface area contributed by atoms with Crippen LogP contribution in [0.25, 0.3) is 0 Å². The average Bonchev–Trinajstić information content (AvgIpc) is 3.08. The second kappa shape index (κ2) is 7.43. The third-order valence-corrected chi connectivity index (χ3v) is 4.98. The molecule has 1 fully saturated rings. The number of hydrogen-bond donors (Lipinski definition) is 1. The Balaban J connectivity index is 1.69. The van der Waals surface area contributed by atoms with E-state index in [0.717, 1.165) is 42.2 Å². The Hall–Kier alpha value is -2.09. The summed E-state index contributed by atoms with van der Waals surface area (Å²) in [5.41, 5.74) is 1.24. The van der Waals surface area contributed by atoms with Crippen molar-refractivity contribution in [3.63, 3.8) is 0 Å². The summed E-state index contributed by atoms with van der Waals surface area (Å²) in [6.45, 7) is 5.14. The molecule has 3 rings (SSSR count). The SMILES string of the molecule is CC(C)c1nnsc1C(=O)N1CCC[C@H](Nc2ccc(F)c(F)c2)C1. The van der Waals surface area contributed by atoms with Gasteiger partial charge in [0.25, 0.3) is 5.91 Å². The van der Waals surface area contributed by atoms with E-state index >= 15 is 0 Å². The molecular formula is C17H20F2N4OS. The van der Waals surface area contributed by atoms with E-state index in [2.05, 4.69) is 14.9 Å². The number of carbonyl (C=O) groups excluding carboxylic acids is 1. The number of rotatable bonds is 4. The summed E-state index contributed by atoms with van der Waals surface area (Å²) in [7, 11) is 0. The van der Waals surface area contributed by atoms with Gasteiger partial charge in [-0.3, -0.25) is 4.79 Å². The van der Waals surface area contributed by atoms with Gasteiger partial charge in [0, 0.05) is 30.9 Å². The lowest BCUT2D eigenvalue weighted by Crippen LogP contribution is -2.45. The van der Waals surface area contributed by atoms with E-state index in [-0.39, 0.29) is 17.9 Å². The van der Waals surface area contributed by atoms with Gasteiger partial charge in [0.05, 0.1) is 5.69 Å². The van der Waals surface area contributed by atoms with Crippen LogP contribution in [0.2, 0.25) is 0 Å². The zero-order chi connectivity index (χ0) is 18.0. The number of aromatic nitrogens is 2. The molecule has 1 saturated heterocycles. The maximum Gasteiger partial charge on any atom is 0.267 e. The first-order valence-corrected chi connectivity index (χ1v) is 9.06. The molecule has 0 spiro atoms. The van der Waals surface area contributed by atoms with Crippen LogP contribution >= 0.6 is 11.5 Å². The Labute approximate surface area is 149 Å². The summed E-state index contributed by atoms with van der Waals surface area (Å²) >= 11 is 1.12. The molecule has 0 bridgehead atoms. The third kappa shape index (κ3) is 3.95. The van der Waals surface area contributed by atoms with Crippen molar-refractivity contribution in [2.75, 3.05) is 18.4 Å². The maximum atomic E-state index is 13.4. The Kier molecular flexibility index (Phi) is 5.27. The predicted octanol–water partition coefficient (Wildman–Crippen LogP) is 3.66. The van der Waals surface area contributed by atoms with Gasteiger partial charge in [0.15, 0.2) is 11.6 Å². The van der Waals surface area contributed by atoms with Crippen LogP contribution in [-0.4, -0.2) is 39.5 Å². The van der Waals surface area contributed by atoms with Crippen LogP contribution < -0.4 is 5.32 Å². The lowest BCUT2D eigenvalue weighted by molar-refractivity contribution is 0.0718. The number of carbonyl (C=O) groups is 1. The molecule has 134 valence electrons. The molecule has 0 unspecified atom stereocenters. The standard InChI is InChI=1S/C17H20F2N4OS/c1-10(2)15-16(25-22-21-15)17(24)23-7-3-4-12(9-23)20-11-5-6-13(18)14(19)8-11/h5-6,8,10,12,20H,3-4,7,9H2,1-2H3/t12-/m0/s1. The van der Waals surface area contributed by atoms with E-state index in [1.54, 1.807) is 4.90 Å². The van der Waals surface area contributed by atoms with Crippen LogP contribution in [0, 0.1) is 11.6 Å². The Bertz CT molecular complexity index is 765. The molecule has 8 heteroatoms. The Morgan fingerprint density at radius 3 is 2.88 bits per heavy atom. The van der Waals surface area contributed by atoms with E-state index < -0.39 is 11.6 Å². The summed E-state index contributed by atoms with van der Waals surface area (Å²) < 4.78 is 30.3. The smallest absolute Gasteiger partial charge is 0.267 e. The molecule has 1 aliphatic rings. The molecular weight excluding hydrogens is 346 g/mol. The highest BCUT2D eigenvalue weighted by Gasteiger charge is 2.28. The molecule has 1 aromatic carbocycles. The van der Waals surface area contributed by atoms with E-state index in [4.69, 9.17) is 0 Å². The van der Waals surface area contributed by atoms with Gasteiger partial charge in [-0.05, 0) is 42.4 Å². The van der Waals surface area contributed by atoms with Crippen LogP contribution in [0.3, 0.4) is 0 Å². The van der Waals surface area contributed by atoms with Gasteiger partial charge in [0.1, 0.15) is 4.88 Å². The summed E-state index contributed by atoms with van der Waals surface area (Å²) in [5.74, 6) is -1.68. The first-order chi connectivity index (χ1) is 12.0. The minimum absolute atomic E-state index is 0.00839. The topological polar surface area (TPSA) is 58.1 Å². The normalized spacial score (nSPS) is 17.8. The van der Waals surface area contributed by atoms with Crippen molar-refractivity contribution < 1.29 is 13.6 Å². The number of piperidine rings is 1. The minimum atomic E-state index is -0.883. The van der Waals surface area contributed by atoms with Crippen molar-refractivity contribution >= 4 is 23.1 Å². The first kappa shape index (κ1) is 17.7. The monoisotopic (exact) mass is 366 g/mol. The lowest BCUT2D eigenvalue weighted by atomic mass is 10.0. The minimum Gasteiger partial charge on any atom is -0.380 e. The maximum absolute atomic E-state index is 13.4. The van der Waals surface area contributed by atoms with Crippen molar-refractivity contribution in [3.8, 4) is 0 Å². The van der Waals surface area contributed by atoms with Crippen molar-refractivity contribution in [3.05, 3.63) is 40.4 Å². The highest BCUT2D eigenvalue weighted by Crippen LogP contribution is 2.24. The van der Waals surface area contributed by atoms with Crippen LogP contribution in [0.15, 0.2) is 18.2 Å². The summed E-state index contributed by atoms with van der Waals surface area (Å²) in [6.07, 6.45) is 1.71. The first-order valence-electron chi connectivity index (χ1n) is 8.29. The van der Waals surface area contributed by atoms with Crippen LogP contribution in [0.5, 0.6) is 0 Å². The van der Waals surface area contributed by atoms with Crippen molar-refractivity contribution in [2.24, 2.45) is 0 Å². The highest BCUT2D eigenvalue weighted by molar-refractivity contribution is 7.08. The quantitative estimate of drug-likeness (QED) is 0.897. The summed E-state index contributed by atoms with van der Waals surface area (Å²) in [5, 5.41) is 7.25. The van der Waals surface area contributed by atoms with Gasteiger partial charge in [-0.15, -0.1) is 5.10 Å². The number of nitrogens with one attached hydrogen (secondary N) is 1. The molecule has 5 nitrogen and oxygen atoms in total. The van der Waals surface area contributed by atoms with Crippen molar-refractivity contribution in [2.45, 2.75) is 38.6 Å². The second-order valence-corrected chi connectivity index (χ2v) is 7.26. The van der Waals surface area contributed by atoms with Crippen molar-refractivity contribution in [1.82, 2.24) is 14.5 Å². The van der Waals surface area contributed by atoms with Crippen LogP contribution in [0.1, 0.15) is 48.0 Å². The van der Waals surface area contributed by atoms with E-state index in [9.17, 15) is 13.6 Å². The van der Waals surface area contributed by atoms with Crippen molar-refractivity contribution in [1.29, 1.82) is 0 Å². The summed E-state index contributed by atoms with van der Waals surface area (Å²) in [6, 6.07) is 3.73. The Morgan fingerprint density at radius 1 is 1.36 bits per heavy atom. The van der Waals surface area contributed by atoms with Crippen LogP contribution in [-0.2, 0) is 0 Å². The van der Waals surface area contributed by atoms with Gasteiger partial charge in [0.2, 0.25) is 0 Å². The molecule has 0 aliphatic carbocycles. The lowest BCUT2D eigenvalue weighted by Gasteiger charge is -2.33.